The molecule has 0 saturated carbocycles. The van der Waals surface area contributed by atoms with E-state index in [4.69, 9.17) is 4.74 Å². The van der Waals surface area contributed by atoms with Crippen molar-refractivity contribution >= 4 is 10.0 Å². The molecule has 1 N–H and O–H groups in total. The molecule has 0 amide bonds. The second-order valence-electron chi connectivity index (χ2n) is 5.98. The summed E-state index contributed by atoms with van der Waals surface area (Å²) >= 11 is 0. The number of rotatable bonds is 6. The van der Waals surface area contributed by atoms with Crippen LogP contribution in [0.3, 0.4) is 0 Å². The molecule has 1 fully saturated rings. The first kappa shape index (κ1) is 17.1. The Kier molecular flexibility index (Phi) is 5.33. The number of H-pyrrole nitrogens is 1. The van der Waals surface area contributed by atoms with Gasteiger partial charge in [0.2, 0.25) is 10.0 Å². The van der Waals surface area contributed by atoms with Crippen molar-refractivity contribution in [3.05, 3.63) is 42.4 Å². The molecule has 1 aliphatic heterocycles. The number of piperidine rings is 1. The lowest BCUT2D eigenvalue weighted by molar-refractivity contribution is 0.209. The third kappa shape index (κ3) is 3.68. The fourth-order valence-corrected chi connectivity index (χ4v) is 4.70. The number of hydrogen-bond donors (Lipinski definition) is 1. The molecule has 1 aliphatic rings. The standard InChI is InChI=1S/C17H23N3O3S/c1-23-11-12-24(21,22)20-10-6-5-9-16(20)17-18-13-15(19-17)14-7-3-2-4-8-14/h2-4,7-8,13,16H,5-6,9-12H2,1H3,(H,18,19)/t16-/m1/s1. The van der Waals surface area contributed by atoms with Gasteiger partial charge in [-0.25, -0.2) is 13.4 Å². The van der Waals surface area contributed by atoms with E-state index < -0.39 is 10.0 Å². The van der Waals surface area contributed by atoms with E-state index in [1.807, 2.05) is 30.3 Å². The first-order valence-electron chi connectivity index (χ1n) is 8.20. The average Bonchev–Trinajstić information content (AvgIpc) is 3.11. The number of aromatic amines is 1. The van der Waals surface area contributed by atoms with E-state index in [2.05, 4.69) is 9.97 Å². The molecular formula is C17H23N3O3S. The number of sulfonamides is 1. The van der Waals surface area contributed by atoms with Crippen molar-refractivity contribution in [1.29, 1.82) is 0 Å². The molecule has 1 saturated heterocycles. The summed E-state index contributed by atoms with van der Waals surface area (Å²) in [5.41, 5.74) is 1.95. The molecule has 0 bridgehead atoms. The molecule has 7 heteroatoms. The number of nitrogens with one attached hydrogen (secondary N) is 1. The zero-order valence-corrected chi connectivity index (χ0v) is 14.6. The van der Waals surface area contributed by atoms with Gasteiger partial charge >= 0.3 is 0 Å². The lowest BCUT2D eigenvalue weighted by Gasteiger charge is -2.33. The van der Waals surface area contributed by atoms with Crippen molar-refractivity contribution in [1.82, 2.24) is 14.3 Å². The fourth-order valence-electron chi connectivity index (χ4n) is 3.09. The van der Waals surface area contributed by atoms with Crippen molar-refractivity contribution in [2.24, 2.45) is 0 Å². The summed E-state index contributed by atoms with van der Waals surface area (Å²) in [5.74, 6) is 0.723. The second kappa shape index (κ2) is 7.46. The molecule has 130 valence electrons. The summed E-state index contributed by atoms with van der Waals surface area (Å²) in [5, 5.41) is 0. The Morgan fingerprint density at radius 2 is 2.08 bits per heavy atom. The SMILES string of the molecule is COCCS(=O)(=O)N1CCCC[C@@H]1c1ncc(-c2ccccc2)[nH]1. The van der Waals surface area contributed by atoms with Crippen LogP contribution in [0.25, 0.3) is 11.3 Å². The highest BCUT2D eigenvalue weighted by molar-refractivity contribution is 7.89. The molecule has 2 heterocycles. The smallest absolute Gasteiger partial charge is 0.217 e. The third-order valence-corrected chi connectivity index (χ3v) is 6.19. The highest BCUT2D eigenvalue weighted by Gasteiger charge is 2.34. The summed E-state index contributed by atoms with van der Waals surface area (Å²) < 4.78 is 31.7. The van der Waals surface area contributed by atoms with Gasteiger partial charge in [0.25, 0.3) is 0 Å². The van der Waals surface area contributed by atoms with Crippen LogP contribution in [-0.2, 0) is 14.8 Å². The van der Waals surface area contributed by atoms with Crippen molar-refractivity contribution in [3.8, 4) is 11.3 Å². The Morgan fingerprint density at radius 3 is 2.83 bits per heavy atom. The van der Waals surface area contributed by atoms with Crippen LogP contribution in [-0.4, -0.2) is 48.7 Å². The predicted octanol–water partition coefficient (Wildman–Crippen LogP) is 2.58. The summed E-state index contributed by atoms with van der Waals surface area (Å²) in [4.78, 5) is 7.78. The van der Waals surface area contributed by atoms with Gasteiger partial charge < -0.3 is 9.72 Å². The summed E-state index contributed by atoms with van der Waals surface area (Å²) in [6.07, 6.45) is 4.45. The van der Waals surface area contributed by atoms with Gasteiger partial charge in [-0.05, 0) is 18.4 Å². The average molecular weight is 349 g/mol. The minimum atomic E-state index is -3.35. The third-order valence-electron chi connectivity index (χ3n) is 4.35. The number of nitrogens with zero attached hydrogens (tertiary/aromatic N) is 2. The Labute approximate surface area is 142 Å². The van der Waals surface area contributed by atoms with E-state index in [0.717, 1.165) is 36.3 Å². The molecule has 6 nitrogen and oxygen atoms in total. The number of hydrogen-bond acceptors (Lipinski definition) is 4. The maximum absolute atomic E-state index is 12.6. The van der Waals surface area contributed by atoms with Gasteiger partial charge in [-0.2, -0.15) is 4.31 Å². The van der Waals surface area contributed by atoms with Crippen LogP contribution >= 0.6 is 0 Å². The zero-order valence-electron chi connectivity index (χ0n) is 13.8. The van der Waals surface area contributed by atoms with Crippen molar-refractivity contribution in [2.45, 2.75) is 25.3 Å². The van der Waals surface area contributed by atoms with E-state index in [1.54, 1.807) is 10.5 Å². The van der Waals surface area contributed by atoms with Gasteiger partial charge in [-0.15, -0.1) is 0 Å². The lowest BCUT2D eigenvalue weighted by Crippen LogP contribution is -2.41. The molecule has 2 aromatic rings. The summed E-state index contributed by atoms with van der Waals surface area (Å²) in [6.45, 7) is 0.747. The minimum absolute atomic E-state index is 0.00620. The summed E-state index contributed by atoms with van der Waals surface area (Å²) in [7, 11) is -1.83. The maximum Gasteiger partial charge on any atom is 0.217 e. The monoisotopic (exact) mass is 349 g/mol. The zero-order chi connectivity index (χ0) is 17.0. The molecular weight excluding hydrogens is 326 g/mol. The van der Waals surface area contributed by atoms with Gasteiger partial charge in [-0.3, -0.25) is 0 Å². The van der Waals surface area contributed by atoms with Crippen LogP contribution in [0.1, 0.15) is 31.1 Å². The number of benzene rings is 1. The Hall–Kier alpha value is -1.70. The minimum Gasteiger partial charge on any atom is -0.384 e. The van der Waals surface area contributed by atoms with Crippen LogP contribution in [0, 0.1) is 0 Å². The van der Waals surface area contributed by atoms with E-state index in [0.29, 0.717) is 6.54 Å². The number of imidazole rings is 1. The number of aromatic nitrogens is 2. The maximum atomic E-state index is 12.6. The van der Waals surface area contributed by atoms with Gasteiger partial charge in [0.15, 0.2) is 0 Å². The lowest BCUT2D eigenvalue weighted by atomic mass is 10.0. The largest absolute Gasteiger partial charge is 0.384 e. The quantitative estimate of drug-likeness (QED) is 0.870. The number of ether oxygens (including phenoxy) is 1. The van der Waals surface area contributed by atoms with Crippen LogP contribution < -0.4 is 0 Å². The van der Waals surface area contributed by atoms with Gasteiger partial charge in [-0.1, -0.05) is 36.8 Å². The van der Waals surface area contributed by atoms with E-state index in [1.165, 1.54) is 7.11 Å². The van der Waals surface area contributed by atoms with Gasteiger partial charge in [0.1, 0.15) is 5.82 Å². The highest BCUT2D eigenvalue weighted by Crippen LogP contribution is 2.32. The van der Waals surface area contributed by atoms with E-state index >= 15 is 0 Å². The summed E-state index contributed by atoms with van der Waals surface area (Å²) in [6, 6.07) is 9.69. The van der Waals surface area contributed by atoms with E-state index in [-0.39, 0.29) is 18.4 Å². The molecule has 0 radical (unpaired) electrons. The number of methoxy groups -OCH3 is 1. The van der Waals surface area contributed by atoms with Crippen molar-refractivity contribution in [3.63, 3.8) is 0 Å². The van der Waals surface area contributed by atoms with Crippen LogP contribution in [0.4, 0.5) is 0 Å². The first-order valence-corrected chi connectivity index (χ1v) is 9.81. The molecule has 3 rings (SSSR count). The van der Waals surface area contributed by atoms with E-state index in [9.17, 15) is 8.42 Å². The molecule has 1 aromatic heterocycles. The fraction of sp³-hybridized carbons (Fsp3) is 0.471. The second-order valence-corrected chi connectivity index (χ2v) is 8.02. The van der Waals surface area contributed by atoms with Gasteiger partial charge in [0.05, 0.1) is 30.3 Å². The highest BCUT2D eigenvalue weighted by atomic mass is 32.2. The normalized spacial score (nSPS) is 19.5. The molecule has 1 aromatic carbocycles. The molecule has 24 heavy (non-hydrogen) atoms. The Morgan fingerprint density at radius 1 is 1.29 bits per heavy atom. The predicted molar refractivity (Wildman–Crippen MR) is 93.0 cm³/mol. The Balaban J connectivity index is 1.85. The molecule has 0 unspecified atom stereocenters. The molecule has 1 atom stereocenters. The topological polar surface area (TPSA) is 75.3 Å². The molecule has 0 aliphatic carbocycles. The van der Waals surface area contributed by atoms with Crippen LogP contribution in [0.2, 0.25) is 0 Å². The van der Waals surface area contributed by atoms with Crippen LogP contribution in [0.15, 0.2) is 36.5 Å². The van der Waals surface area contributed by atoms with Gasteiger partial charge in [0, 0.05) is 13.7 Å². The van der Waals surface area contributed by atoms with Crippen molar-refractivity contribution in [2.75, 3.05) is 26.0 Å². The molecule has 0 spiro atoms. The Bertz CT molecular complexity index is 758. The van der Waals surface area contributed by atoms with Crippen molar-refractivity contribution < 1.29 is 13.2 Å². The first-order chi connectivity index (χ1) is 11.6. The van der Waals surface area contributed by atoms with Crippen LogP contribution in [0.5, 0.6) is 0 Å².